The minimum Gasteiger partial charge on any atom is -0.481 e. The molecule has 1 N–H and O–H groups in total. The highest BCUT2D eigenvalue weighted by molar-refractivity contribution is 5.81. The van der Waals surface area contributed by atoms with Crippen molar-refractivity contribution >= 4 is 11.9 Å². The third-order valence-electron chi connectivity index (χ3n) is 4.18. The second-order valence-electron chi connectivity index (χ2n) is 5.99. The highest BCUT2D eigenvalue weighted by Crippen LogP contribution is 2.23. The van der Waals surface area contributed by atoms with Crippen LogP contribution in [0.25, 0.3) is 0 Å². The van der Waals surface area contributed by atoms with E-state index in [1.54, 1.807) is 24.3 Å². The largest absolute Gasteiger partial charge is 0.481 e. The summed E-state index contributed by atoms with van der Waals surface area (Å²) in [5.41, 5.74) is 0.342. The Bertz CT molecular complexity index is 624. The van der Waals surface area contributed by atoms with Gasteiger partial charge in [-0.2, -0.15) is 5.26 Å². The molecule has 0 unspecified atom stereocenters. The van der Waals surface area contributed by atoms with Gasteiger partial charge >= 0.3 is 5.97 Å². The molecule has 0 radical (unpaired) electrons. The van der Waals surface area contributed by atoms with Gasteiger partial charge in [-0.05, 0) is 30.9 Å². The van der Waals surface area contributed by atoms with Crippen molar-refractivity contribution in [3.63, 3.8) is 0 Å². The number of nitrogens with one attached hydrogen (secondary N) is 1. The molecule has 0 spiro atoms. The van der Waals surface area contributed by atoms with Gasteiger partial charge in [-0.1, -0.05) is 31.9 Å². The Balaban J connectivity index is 1.71. The number of hydrogen-bond acceptors (Lipinski definition) is 5. The smallest absolute Gasteiger partial charge is 0.344 e. The molecule has 6 heteroatoms. The normalized spacial score (nSPS) is 19.8. The lowest BCUT2D eigenvalue weighted by molar-refractivity contribution is -0.150. The number of ether oxygens (including phenoxy) is 2. The average Bonchev–Trinajstić information content (AvgIpc) is 2.60. The molecule has 1 aromatic carbocycles. The summed E-state index contributed by atoms with van der Waals surface area (Å²) in [7, 11) is 0. The van der Waals surface area contributed by atoms with Crippen LogP contribution in [0.3, 0.4) is 0 Å². The standard InChI is InChI=1S/C18H22N2O4/c1-13-6-2-4-8-15(13)20-17(21)11-24-18(22)12-23-16-9-5-3-7-14(16)10-19/h3,5,7,9,13,15H,2,4,6,8,11-12H2,1H3,(H,20,21)/t13-,15+/m1/s1. The van der Waals surface area contributed by atoms with Crippen LogP contribution in [0.5, 0.6) is 5.75 Å². The number of hydrogen-bond donors (Lipinski definition) is 1. The molecule has 1 saturated carbocycles. The van der Waals surface area contributed by atoms with E-state index < -0.39 is 5.97 Å². The van der Waals surface area contributed by atoms with Crippen LogP contribution in [0.2, 0.25) is 0 Å². The van der Waals surface area contributed by atoms with Crippen molar-refractivity contribution < 1.29 is 19.1 Å². The van der Waals surface area contributed by atoms with Crippen molar-refractivity contribution in [2.45, 2.75) is 38.6 Å². The van der Waals surface area contributed by atoms with Crippen molar-refractivity contribution in [3.8, 4) is 11.8 Å². The number of esters is 1. The lowest BCUT2D eigenvalue weighted by atomic mass is 9.86. The molecule has 2 rings (SSSR count). The number of carbonyl (C=O) groups excluding carboxylic acids is 2. The van der Waals surface area contributed by atoms with Gasteiger partial charge in [0.2, 0.25) is 0 Å². The Labute approximate surface area is 141 Å². The molecular formula is C18H22N2O4. The molecule has 0 heterocycles. The topological polar surface area (TPSA) is 88.4 Å². The number of rotatable bonds is 6. The fourth-order valence-corrected chi connectivity index (χ4v) is 2.79. The number of carbonyl (C=O) groups is 2. The van der Waals surface area contributed by atoms with Gasteiger partial charge in [0, 0.05) is 6.04 Å². The second kappa shape index (κ2) is 8.92. The van der Waals surface area contributed by atoms with Crippen molar-refractivity contribution in [3.05, 3.63) is 29.8 Å². The molecule has 1 aromatic rings. The molecule has 1 amide bonds. The maximum Gasteiger partial charge on any atom is 0.344 e. The number of amides is 1. The molecule has 1 aliphatic carbocycles. The van der Waals surface area contributed by atoms with Gasteiger partial charge in [-0.15, -0.1) is 0 Å². The van der Waals surface area contributed by atoms with E-state index >= 15 is 0 Å². The maximum atomic E-state index is 11.9. The zero-order valence-corrected chi connectivity index (χ0v) is 13.8. The van der Waals surface area contributed by atoms with Crippen molar-refractivity contribution in [2.75, 3.05) is 13.2 Å². The van der Waals surface area contributed by atoms with Crippen LogP contribution < -0.4 is 10.1 Å². The van der Waals surface area contributed by atoms with Gasteiger partial charge in [0.15, 0.2) is 13.2 Å². The highest BCUT2D eigenvalue weighted by atomic mass is 16.6. The summed E-state index contributed by atoms with van der Waals surface area (Å²) in [6, 6.07) is 8.75. The van der Waals surface area contributed by atoms with Crippen molar-refractivity contribution in [1.29, 1.82) is 5.26 Å². The molecule has 0 aromatic heterocycles. The van der Waals surface area contributed by atoms with Gasteiger partial charge in [0.05, 0.1) is 5.56 Å². The van der Waals surface area contributed by atoms with E-state index in [1.807, 2.05) is 6.07 Å². The lowest BCUT2D eigenvalue weighted by Crippen LogP contribution is -2.43. The van der Waals surface area contributed by atoms with Gasteiger partial charge in [-0.3, -0.25) is 4.79 Å². The fraction of sp³-hybridized carbons (Fsp3) is 0.500. The third-order valence-corrected chi connectivity index (χ3v) is 4.18. The quantitative estimate of drug-likeness (QED) is 0.808. The van der Waals surface area contributed by atoms with Crippen LogP contribution >= 0.6 is 0 Å². The Hall–Kier alpha value is -2.55. The molecule has 6 nitrogen and oxygen atoms in total. The number of benzene rings is 1. The van der Waals surface area contributed by atoms with E-state index in [4.69, 9.17) is 14.7 Å². The molecular weight excluding hydrogens is 308 g/mol. The second-order valence-corrected chi connectivity index (χ2v) is 5.99. The van der Waals surface area contributed by atoms with Crippen molar-refractivity contribution in [1.82, 2.24) is 5.32 Å². The molecule has 24 heavy (non-hydrogen) atoms. The van der Waals surface area contributed by atoms with Gasteiger partial charge < -0.3 is 14.8 Å². The first-order valence-electron chi connectivity index (χ1n) is 8.17. The number of nitrogens with zero attached hydrogens (tertiary/aromatic N) is 1. The number of para-hydroxylation sites is 1. The summed E-state index contributed by atoms with van der Waals surface area (Å²) in [4.78, 5) is 23.5. The van der Waals surface area contributed by atoms with E-state index in [1.165, 1.54) is 6.42 Å². The van der Waals surface area contributed by atoms with Crippen molar-refractivity contribution in [2.24, 2.45) is 5.92 Å². The Morgan fingerprint density at radius 3 is 2.75 bits per heavy atom. The summed E-state index contributed by atoms with van der Waals surface area (Å²) < 4.78 is 10.2. The van der Waals surface area contributed by atoms with E-state index in [-0.39, 0.29) is 25.2 Å². The molecule has 0 aliphatic heterocycles. The van der Waals surface area contributed by atoms with Crippen LogP contribution in [-0.2, 0) is 14.3 Å². The summed E-state index contributed by atoms with van der Waals surface area (Å²) in [5.74, 6) is -0.171. The first-order valence-corrected chi connectivity index (χ1v) is 8.17. The predicted octanol–water partition coefficient (Wildman–Crippen LogP) is 2.18. The zero-order valence-electron chi connectivity index (χ0n) is 13.8. The molecule has 2 atom stereocenters. The van der Waals surface area contributed by atoms with E-state index in [2.05, 4.69) is 12.2 Å². The summed E-state index contributed by atoms with van der Waals surface area (Å²) in [6.45, 7) is 1.47. The molecule has 128 valence electrons. The minimum atomic E-state index is -0.644. The maximum absolute atomic E-state index is 11.9. The van der Waals surface area contributed by atoms with Gasteiger partial charge in [0.1, 0.15) is 11.8 Å². The van der Waals surface area contributed by atoms with Crippen LogP contribution in [0.4, 0.5) is 0 Å². The third kappa shape index (κ3) is 5.27. The van der Waals surface area contributed by atoms with Gasteiger partial charge in [0.25, 0.3) is 5.91 Å². The van der Waals surface area contributed by atoms with E-state index in [0.29, 0.717) is 17.2 Å². The Morgan fingerprint density at radius 2 is 2.00 bits per heavy atom. The fourth-order valence-electron chi connectivity index (χ4n) is 2.79. The first-order chi connectivity index (χ1) is 11.6. The van der Waals surface area contributed by atoms with E-state index in [9.17, 15) is 9.59 Å². The summed E-state index contributed by atoms with van der Waals surface area (Å²) >= 11 is 0. The summed E-state index contributed by atoms with van der Waals surface area (Å²) in [5, 5.41) is 11.9. The zero-order chi connectivity index (χ0) is 17.4. The molecule has 0 bridgehead atoms. The Morgan fingerprint density at radius 1 is 1.25 bits per heavy atom. The van der Waals surface area contributed by atoms with Crippen LogP contribution in [0, 0.1) is 17.2 Å². The van der Waals surface area contributed by atoms with Crippen LogP contribution in [0.15, 0.2) is 24.3 Å². The van der Waals surface area contributed by atoms with Crippen LogP contribution in [-0.4, -0.2) is 31.1 Å². The van der Waals surface area contributed by atoms with Gasteiger partial charge in [-0.25, -0.2) is 4.79 Å². The lowest BCUT2D eigenvalue weighted by Gasteiger charge is -2.29. The highest BCUT2D eigenvalue weighted by Gasteiger charge is 2.23. The predicted molar refractivity (Wildman–Crippen MR) is 87.2 cm³/mol. The molecule has 1 aliphatic rings. The molecule has 1 fully saturated rings. The minimum absolute atomic E-state index is 0.156. The molecule has 0 saturated heterocycles. The average molecular weight is 330 g/mol. The van der Waals surface area contributed by atoms with E-state index in [0.717, 1.165) is 19.3 Å². The monoisotopic (exact) mass is 330 g/mol. The SMILES string of the molecule is C[C@@H]1CCCC[C@@H]1NC(=O)COC(=O)COc1ccccc1C#N. The first kappa shape index (κ1) is 17.8. The Kier molecular flexibility index (Phi) is 6.62. The van der Waals surface area contributed by atoms with Crippen LogP contribution in [0.1, 0.15) is 38.2 Å². The number of nitriles is 1. The summed E-state index contributed by atoms with van der Waals surface area (Å²) in [6.07, 6.45) is 4.39.